The topological polar surface area (TPSA) is 21.3 Å². The van der Waals surface area contributed by atoms with Gasteiger partial charge in [-0.1, -0.05) is 35.7 Å². The van der Waals surface area contributed by atoms with Gasteiger partial charge in [0.2, 0.25) is 0 Å². The SMILES string of the molecule is CNC(c1cc(Br)cc2c1OCC2)C1CCCC1C. The maximum atomic E-state index is 5.90. The number of hydrogen-bond donors (Lipinski definition) is 1. The van der Waals surface area contributed by atoms with Crippen LogP contribution in [0.5, 0.6) is 5.75 Å². The molecule has 3 heteroatoms. The van der Waals surface area contributed by atoms with Gasteiger partial charge in [0.1, 0.15) is 5.75 Å². The van der Waals surface area contributed by atoms with Crippen molar-refractivity contribution in [1.82, 2.24) is 5.32 Å². The van der Waals surface area contributed by atoms with E-state index in [1.165, 1.54) is 34.9 Å². The van der Waals surface area contributed by atoms with Crippen LogP contribution in [0.1, 0.15) is 43.4 Å². The van der Waals surface area contributed by atoms with Crippen LogP contribution < -0.4 is 10.1 Å². The van der Waals surface area contributed by atoms with Gasteiger partial charge in [-0.25, -0.2) is 0 Å². The fourth-order valence-corrected chi connectivity index (χ4v) is 4.32. The molecule has 0 spiro atoms. The molecule has 104 valence electrons. The molecular formula is C16H22BrNO. The molecule has 2 nitrogen and oxygen atoms in total. The zero-order valence-corrected chi connectivity index (χ0v) is 13.3. The van der Waals surface area contributed by atoms with Crippen LogP contribution in [0.25, 0.3) is 0 Å². The largest absolute Gasteiger partial charge is 0.493 e. The summed E-state index contributed by atoms with van der Waals surface area (Å²) in [4.78, 5) is 0. The van der Waals surface area contributed by atoms with Crippen LogP contribution in [0.15, 0.2) is 16.6 Å². The number of nitrogens with one attached hydrogen (secondary N) is 1. The van der Waals surface area contributed by atoms with Gasteiger partial charge in [-0.05, 0) is 43.0 Å². The first-order valence-electron chi connectivity index (χ1n) is 7.33. The minimum atomic E-state index is 0.418. The van der Waals surface area contributed by atoms with Gasteiger partial charge in [0.25, 0.3) is 0 Å². The minimum Gasteiger partial charge on any atom is -0.493 e. The molecule has 0 amide bonds. The summed E-state index contributed by atoms with van der Waals surface area (Å²) in [5.74, 6) is 2.67. The predicted octanol–water partition coefficient (Wildman–Crippen LogP) is 4.08. The first kappa shape index (κ1) is 13.4. The molecule has 1 aromatic rings. The van der Waals surface area contributed by atoms with Crippen LogP contribution in [0.2, 0.25) is 0 Å². The molecule has 2 aliphatic rings. The van der Waals surface area contributed by atoms with Crippen molar-refractivity contribution in [3.63, 3.8) is 0 Å². The fraction of sp³-hybridized carbons (Fsp3) is 0.625. The molecule has 1 saturated carbocycles. The molecule has 1 aliphatic carbocycles. The summed E-state index contributed by atoms with van der Waals surface area (Å²) in [6.07, 6.45) is 5.09. The van der Waals surface area contributed by atoms with E-state index in [4.69, 9.17) is 4.74 Å². The van der Waals surface area contributed by atoms with Crippen molar-refractivity contribution < 1.29 is 4.74 Å². The zero-order chi connectivity index (χ0) is 13.4. The van der Waals surface area contributed by atoms with Gasteiger partial charge < -0.3 is 10.1 Å². The quantitative estimate of drug-likeness (QED) is 0.904. The third-order valence-electron chi connectivity index (χ3n) is 4.78. The third kappa shape index (κ3) is 2.43. The minimum absolute atomic E-state index is 0.418. The number of hydrogen-bond acceptors (Lipinski definition) is 2. The highest BCUT2D eigenvalue weighted by atomic mass is 79.9. The summed E-state index contributed by atoms with van der Waals surface area (Å²) in [6.45, 7) is 3.22. The van der Waals surface area contributed by atoms with E-state index in [0.717, 1.165) is 30.6 Å². The number of ether oxygens (including phenoxy) is 1. The molecule has 1 aliphatic heterocycles. The van der Waals surface area contributed by atoms with Crippen LogP contribution in [-0.2, 0) is 6.42 Å². The summed E-state index contributed by atoms with van der Waals surface area (Å²) in [6, 6.07) is 4.87. The smallest absolute Gasteiger partial charge is 0.127 e. The van der Waals surface area contributed by atoms with E-state index in [1.807, 2.05) is 0 Å². The molecular weight excluding hydrogens is 302 g/mol. The van der Waals surface area contributed by atoms with Crippen molar-refractivity contribution in [3.05, 3.63) is 27.7 Å². The molecule has 0 radical (unpaired) electrons. The zero-order valence-electron chi connectivity index (χ0n) is 11.7. The molecule has 0 aromatic heterocycles. The van der Waals surface area contributed by atoms with E-state index in [-0.39, 0.29) is 0 Å². The van der Waals surface area contributed by atoms with Crippen LogP contribution >= 0.6 is 15.9 Å². The first-order valence-corrected chi connectivity index (χ1v) is 8.12. The summed E-state index contributed by atoms with van der Waals surface area (Å²) in [7, 11) is 2.08. The summed E-state index contributed by atoms with van der Waals surface area (Å²) in [5.41, 5.74) is 2.71. The Morgan fingerprint density at radius 1 is 1.37 bits per heavy atom. The Morgan fingerprint density at radius 2 is 2.21 bits per heavy atom. The van der Waals surface area contributed by atoms with Crippen LogP contribution in [0, 0.1) is 11.8 Å². The average molecular weight is 324 g/mol. The van der Waals surface area contributed by atoms with E-state index in [9.17, 15) is 0 Å². The summed E-state index contributed by atoms with van der Waals surface area (Å²) in [5, 5.41) is 3.55. The van der Waals surface area contributed by atoms with Crippen molar-refractivity contribution in [2.45, 2.75) is 38.6 Å². The summed E-state index contributed by atoms with van der Waals surface area (Å²) < 4.78 is 7.08. The molecule has 19 heavy (non-hydrogen) atoms. The highest BCUT2D eigenvalue weighted by Gasteiger charge is 2.34. The number of fused-ring (bicyclic) bond motifs is 1. The molecule has 1 N–H and O–H groups in total. The lowest BCUT2D eigenvalue weighted by molar-refractivity contribution is 0.299. The van der Waals surface area contributed by atoms with Crippen molar-refractivity contribution in [2.24, 2.45) is 11.8 Å². The normalized spacial score (nSPS) is 27.1. The van der Waals surface area contributed by atoms with Gasteiger partial charge in [-0.3, -0.25) is 0 Å². The highest BCUT2D eigenvalue weighted by molar-refractivity contribution is 9.10. The molecule has 3 atom stereocenters. The Morgan fingerprint density at radius 3 is 2.89 bits per heavy atom. The number of rotatable bonds is 3. The Kier molecular flexibility index (Phi) is 3.86. The van der Waals surface area contributed by atoms with Crippen LogP contribution in [0.3, 0.4) is 0 Å². The molecule has 1 aromatic carbocycles. The van der Waals surface area contributed by atoms with Gasteiger partial charge in [-0.2, -0.15) is 0 Å². The highest BCUT2D eigenvalue weighted by Crippen LogP contribution is 2.45. The fourth-order valence-electron chi connectivity index (χ4n) is 3.80. The van der Waals surface area contributed by atoms with Crippen LogP contribution in [0.4, 0.5) is 0 Å². The lowest BCUT2D eigenvalue weighted by atomic mass is 9.85. The molecule has 0 bridgehead atoms. The maximum absolute atomic E-state index is 5.90. The van der Waals surface area contributed by atoms with E-state index in [0.29, 0.717) is 6.04 Å². The number of halogens is 1. The lowest BCUT2D eigenvalue weighted by Crippen LogP contribution is -2.27. The Bertz CT molecular complexity index is 474. The second-order valence-corrected chi connectivity index (χ2v) is 6.84. The molecule has 3 unspecified atom stereocenters. The van der Waals surface area contributed by atoms with E-state index in [1.54, 1.807) is 0 Å². The Hall–Kier alpha value is -0.540. The van der Waals surface area contributed by atoms with Gasteiger partial charge in [0.05, 0.1) is 6.61 Å². The second kappa shape index (κ2) is 5.45. The maximum Gasteiger partial charge on any atom is 0.127 e. The second-order valence-electron chi connectivity index (χ2n) is 5.92. The van der Waals surface area contributed by atoms with Crippen molar-refractivity contribution in [2.75, 3.05) is 13.7 Å². The Labute approximate surface area is 124 Å². The van der Waals surface area contributed by atoms with E-state index < -0.39 is 0 Å². The van der Waals surface area contributed by atoms with E-state index in [2.05, 4.69) is 47.4 Å². The predicted molar refractivity (Wildman–Crippen MR) is 81.6 cm³/mol. The first-order chi connectivity index (χ1) is 9.20. The molecule has 1 fully saturated rings. The number of benzene rings is 1. The average Bonchev–Trinajstić information content (AvgIpc) is 2.99. The summed E-state index contributed by atoms with van der Waals surface area (Å²) >= 11 is 3.65. The van der Waals surface area contributed by atoms with Gasteiger partial charge >= 0.3 is 0 Å². The monoisotopic (exact) mass is 323 g/mol. The van der Waals surface area contributed by atoms with Gasteiger partial charge in [0, 0.05) is 22.5 Å². The van der Waals surface area contributed by atoms with Gasteiger partial charge in [0.15, 0.2) is 0 Å². The van der Waals surface area contributed by atoms with Crippen LogP contribution in [-0.4, -0.2) is 13.7 Å². The van der Waals surface area contributed by atoms with E-state index >= 15 is 0 Å². The van der Waals surface area contributed by atoms with Gasteiger partial charge in [-0.15, -0.1) is 0 Å². The van der Waals surface area contributed by atoms with Crippen molar-refractivity contribution in [1.29, 1.82) is 0 Å². The molecule has 1 heterocycles. The molecule has 3 rings (SSSR count). The standard InChI is InChI=1S/C16H22BrNO/c1-10-4-3-5-13(10)15(18-2)14-9-12(17)8-11-6-7-19-16(11)14/h8-10,13,15,18H,3-7H2,1-2H3. The molecule has 0 saturated heterocycles. The third-order valence-corrected chi connectivity index (χ3v) is 5.24. The van der Waals surface area contributed by atoms with Crippen molar-refractivity contribution >= 4 is 15.9 Å². The van der Waals surface area contributed by atoms with Crippen molar-refractivity contribution in [3.8, 4) is 5.75 Å². The Balaban J connectivity index is 1.99. The lowest BCUT2D eigenvalue weighted by Gasteiger charge is -2.28.